The molecule has 0 saturated carbocycles. The molecule has 0 aliphatic carbocycles. The van der Waals surface area contributed by atoms with Gasteiger partial charge in [-0.15, -0.1) is 11.8 Å². The molecule has 0 aliphatic rings. The van der Waals surface area contributed by atoms with E-state index in [-0.39, 0.29) is 0 Å². The van der Waals surface area contributed by atoms with Gasteiger partial charge in [0, 0.05) is 13.0 Å². The Morgan fingerprint density at radius 1 is 1.22 bits per heavy atom. The summed E-state index contributed by atoms with van der Waals surface area (Å²) in [6.07, 6.45) is 1.38. The zero-order valence-corrected chi connectivity index (χ0v) is 13.2. The van der Waals surface area contributed by atoms with Crippen LogP contribution in [-0.2, 0) is 4.74 Å². The van der Waals surface area contributed by atoms with E-state index in [0.717, 1.165) is 10.9 Å². The maximum Gasteiger partial charge on any atom is 0.513 e. The van der Waals surface area contributed by atoms with Crippen LogP contribution in [0.5, 0.6) is 5.75 Å². The summed E-state index contributed by atoms with van der Waals surface area (Å²) in [5, 5.41) is 0. The molecule has 0 radical (unpaired) electrons. The molecular formula is C13H20O3SSi. The molecule has 1 aromatic rings. The number of hydrogen-bond donors (Lipinski definition) is 0. The van der Waals surface area contributed by atoms with Crippen LogP contribution >= 0.6 is 11.8 Å². The van der Waals surface area contributed by atoms with E-state index in [1.54, 1.807) is 23.9 Å². The zero-order chi connectivity index (χ0) is 13.6. The Kier molecular flexibility index (Phi) is 5.75. The highest BCUT2D eigenvalue weighted by molar-refractivity contribution is 7.98. The second-order valence-electron chi connectivity index (χ2n) is 5.19. The van der Waals surface area contributed by atoms with Crippen molar-refractivity contribution in [2.75, 3.05) is 12.9 Å². The van der Waals surface area contributed by atoms with Crippen molar-refractivity contribution in [1.82, 2.24) is 0 Å². The number of carbonyl (C=O) groups excluding carboxylic acids is 1. The first-order valence-electron chi connectivity index (χ1n) is 5.89. The van der Waals surface area contributed by atoms with Crippen LogP contribution in [0.4, 0.5) is 4.79 Å². The van der Waals surface area contributed by atoms with Gasteiger partial charge < -0.3 is 9.47 Å². The summed E-state index contributed by atoms with van der Waals surface area (Å²) in [5.41, 5.74) is 0. The van der Waals surface area contributed by atoms with Gasteiger partial charge in [0.25, 0.3) is 0 Å². The first-order chi connectivity index (χ1) is 8.40. The highest BCUT2D eigenvalue weighted by atomic mass is 32.2. The predicted octanol–water partition coefficient (Wildman–Crippen LogP) is 4.26. The van der Waals surface area contributed by atoms with Gasteiger partial charge in [0.1, 0.15) is 5.75 Å². The molecule has 0 aliphatic heterocycles. The average molecular weight is 284 g/mol. The summed E-state index contributed by atoms with van der Waals surface area (Å²) in [7, 11) is -1.16. The molecule has 18 heavy (non-hydrogen) atoms. The number of ether oxygens (including phenoxy) is 2. The summed E-state index contributed by atoms with van der Waals surface area (Å²) >= 11 is 1.65. The van der Waals surface area contributed by atoms with Crippen molar-refractivity contribution in [3.8, 4) is 5.75 Å². The van der Waals surface area contributed by atoms with Gasteiger partial charge in [-0.1, -0.05) is 19.6 Å². The van der Waals surface area contributed by atoms with Gasteiger partial charge in [-0.05, 0) is 36.6 Å². The van der Waals surface area contributed by atoms with Crippen LogP contribution < -0.4 is 4.74 Å². The molecule has 0 N–H and O–H groups in total. The normalized spacial score (nSPS) is 11.1. The predicted molar refractivity (Wildman–Crippen MR) is 78.4 cm³/mol. The van der Waals surface area contributed by atoms with E-state index in [4.69, 9.17) is 9.47 Å². The molecule has 0 aromatic heterocycles. The lowest BCUT2D eigenvalue weighted by Crippen LogP contribution is -2.23. The summed E-state index contributed by atoms with van der Waals surface area (Å²) in [6.45, 7) is 7.16. The summed E-state index contributed by atoms with van der Waals surface area (Å²) in [5.74, 6) is 0.519. The second-order valence-corrected chi connectivity index (χ2v) is 11.7. The Morgan fingerprint density at radius 2 is 1.83 bits per heavy atom. The van der Waals surface area contributed by atoms with E-state index in [0.29, 0.717) is 12.4 Å². The number of benzene rings is 1. The van der Waals surface area contributed by atoms with Crippen molar-refractivity contribution in [3.63, 3.8) is 0 Å². The molecule has 1 aromatic carbocycles. The first-order valence-corrected chi connectivity index (χ1v) is 10.8. The SMILES string of the molecule is CSc1ccc(OC(=O)OCC[Si](C)(C)C)cc1. The third-order valence-electron chi connectivity index (χ3n) is 2.33. The molecule has 0 fully saturated rings. The molecule has 0 saturated heterocycles. The molecule has 0 atom stereocenters. The largest absolute Gasteiger partial charge is 0.513 e. The van der Waals surface area contributed by atoms with E-state index in [9.17, 15) is 4.79 Å². The van der Waals surface area contributed by atoms with Gasteiger partial charge in [-0.25, -0.2) is 4.79 Å². The highest BCUT2D eigenvalue weighted by Crippen LogP contribution is 2.19. The maximum absolute atomic E-state index is 11.4. The fraction of sp³-hybridized carbons (Fsp3) is 0.462. The highest BCUT2D eigenvalue weighted by Gasteiger charge is 2.14. The lowest BCUT2D eigenvalue weighted by atomic mass is 10.3. The third kappa shape index (κ3) is 6.12. The van der Waals surface area contributed by atoms with Crippen LogP contribution in [-0.4, -0.2) is 27.1 Å². The maximum atomic E-state index is 11.4. The monoisotopic (exact) mass is 284 g/mol. The minimum absolute atomic E-state index is 0.442. The third-order valence-corrected chi connectivity index (χ3v) is 4.78. The molecule has 0 unspecified atom stereocenters. The van der Waals surface area contributed by atoms with Gasteiger partial charge in [0.15, 0.2) is 0 Å². The quantitative estimate of drug-likeness (QED) is 0.350. The van der Waals surface area contributed by atoms with Crippen molar-refractivity contribution < 1.29 is 14.3 Å². The number of hydrogen-bond acceptors (Lipinski definition) is 4. The number of rotatable bonds is 5. The second kappa shape index (κ2) is 6.85. The van der Waals surface area contributed by atoms with Crippen LogP contribution in [0.2, 0.25) is 25.7 Å². The van der Waals surface area contributed by atoms with Gasteiger partial charge in [0.2, 0.25) is 0 Å². The lowest BCUT2D eigenvalue weighted by molar-refractivity contribution is 0.104. The minimum Gasteiger partial charge on any atom is -0.434 e. The van der Waals surface area contributed by atoms with Crippen LogP contribution in [0.3, 0.4) is 0 Å². The molecule has 100 valence electrons. The fourth-order valence-corrected chi connectivity index (χ4v) is 2.33. The molecule has 0 spiro atoms. The fourth-order valence-electron chi connectivity index (χ4n) is 1.21. The first kappa shape index (κ1) is 15.1. The van der Waals surface area contributed by atoms with Gasteiger partial charge in [-0.3, -0.25) is 0 Å². The van der Waals surface area contributed by atoms with Crippen LogP contribution in [0, 0.1) is 0 Å². The molecular weight excluding hydrogens is 264 g/mol. The molecule has 3 nitrogen and oxygen atoms in total. The van der Waals surface area contributed by atoms with E-state index < -0.39 is 14.2 Å². The number of thioether (sulfide) groups is 1. The Labute approximate surface area is 114 Å². The van der Waals surface area contributed by atoms with E-state index in [2.05, 4.69) is 19.6 Å². The molecule has 0 amide bonds. The van der Waals surface area contributed by atoms with Crippen LogP contribution in [0.25, 0.3) is 0 Å². The number of carbonyl (C=O) groups is 1. The zero-order valence-electron chi connectivity index (χ0n) is 11.4. The lowest BCUT2D eigenvalue weighted by Gasteiger charge is -2.15. The topological polar surface area (TPSA) is 35.5 Å². The van der Waals surface area contributed by atoms with E-state index in [1.165, 1.54) is 0 Å². The van der Waals surface area contributed by atoms with Crippen LogP contribution in [0.15, 0.2) is 29.2 Å². The van der Waals surface area contributed by atoms with E-state index in [1.807, 2.05) is 18.4 Å². The van der Waals surface area contributed by atoms with Gasteiger partial charge in [0.05, 0.1) is 6.61 Å². The van der Waals surface area contributed by atoms with Crippen LogP contribution in [0.1, 0.15) is 0 Å². The van der Waals surface area contributed by atoms with Crippen molar-refractivity contribution >= 4 is 26.0 Å². The summed E-state index contributed by atoms with van der Waals surface area (Å²) in [4.78, 5) is 12.6. The Bertz CT molecular complexity index is 384. The Hall–Kier alpha value is -0.943. The average Bonchev–Trinajstić information content (AvgIpc) is 2.28. The summed E-state index contributed by atoms with van der Waals surface area (Å²) < 4.78 is 10.1. The Balaban J connectivity index is 2.35. The molecule has 0 heterocycles. The smallest absolute Gasteiger partial charge is 0.434 e. The molecule has 1 rings (SSSR count). The standard InChI is InChI=1S/C13H20O3SSi/c1-17-12-7-5-11(6-8-12)16-13(14)15-9-10-18(2,3)4/h5-8H,9-10H2,1-4H3. The summed E-state index contributed by atoms with van der Waals surface area (Å²) in [6, 6.07) is 8.31. The van der Waals surface area contributed by atoms with Crippen molar-refractivity contribution in [3.05, 3.63) is 24.3 Å². The van der Waals surface area contributed by atoms with Crippen molar-refractivity contribution in [2.24, 2.45) is 0 Å². The van der Waals surface area contributed by atoms with Crippen molar-refractivity contribution in [2.45, 2.75) is 30.6 Å². The van der Waals surface area contributed by atoms with Crippen molar-refractivity contribution in [1.29, 1.82) is 0 Å². The molecule has 5 heteroatoms. The van der Waals surface area contributed by atoms with Gasteiger partial charge >= 0.3 is 6.16 Å². The van der Waals surface area contributed by atoms with Gasteiger partial charge in [-0.2, -0.15) is 0 Å². The van der Waals surface area contributed by atoms with E-state index >= 15 is 0 Å². The molecule has 0 bridgehead atoms. The Morgan fingerprint density at radius 3 is 2.33 bits per heavy atom. The minimum atomic E-state index is -1.16.